The van der Waals surface area contributed by atoms with Crippen LogP contribution in [0.3, 0.4) is 0 Å². The molecule has 0 aliphatic rings. The summed E-state index contributed by atoms with van der Waals surface area (Å²) in [5.41, 5.74) is 2.70. The summed E-state index contributed by atoms with van der Waals surface area (Å²) in [6.45, 7) is 2.52. The summed E-state index contributed by atoms with van der Waals surface area (Å²) in [6, 6.07) is 14.0. The van der Waals surface area contributed by atoms with Crippen molar-refractivity contribution in [3.05, 3.63) is 65.2 Å². The lowest BCUT2D eigenvalue weighted by molar-refractivity contribution is 0.0785. The smallest absolute Gasteiger partial charge is 0.253 e. The molecule has 0 bridgehead atoms. The average Bonchev–Trinajstić information content (AvgIpc) is 2.48. The van der Waals surface area contributed by atoms with E-state index in [1.54, 1.807) is 24.1 Å². The highest BCUT2D eigenvalue weighted by Gasteiger charge is 2.13. The molecule has 22 heavy (non-hydrogen) atoms. The number of nitrogens with zero attached hydrogens (tertiary/aromatic N) is 1. The minimum atomic E-state index is -3.24. The fraction of sp³-hybridized carbons (Fsp3) is 0.235. The van der Waals surface area contributed by atoms with Crippen molar-refractivity contribution in [2.45, 2.75) is 18.4 Å². The van der Waals surface area contributed by atoms with Crippen molar-refractivity contribution in [2.75, 3.05) is 13.3 Å². The Labute approximate surface area is 131 Å². The highest BCUT2D eigenvalue weighted by Crippen LogP contribution is 2.13. The Morgan fingerprint density at radius 1 is 1.00 bits per heavy atom. The number of aryl methyl sites for hydroxylation is 1. The SMILES string of the molecule is Cc1ccc(CN(C)C(=O)c2ccc(S(C)(=O)=O)cc2)cc1. The summed E-state index contributed by atoms with van der Waals surface area (Å²) in [5, 5.41) is 0. The molecule has 4 nitrogen and oxygen atoms in total. The Morgan fingerprint density at radius 2 is 1.55 bits per heavy atom. The van der Waals surface area contributed by atoms with E-state index >= 15 is 0 Å². The molecule has 0 heterocycles. The Hall–Kier alpha value is -2.14. The molecule has 0 radical (unpaired) electrons. The van der Waals surface area contributed by atoms with Crippen molar-refractivity contribution in [2.24, 2.45) is 0 Å². The van der Waals surface area contributed by atoms with Crippen molar-refractivity contribution in [1.82, 2.24) is 4.90 Å². The maximum Gasteiger partial charge on any atom is 0.253 e. The lowest BCUT2D eigenvalue weighted by atomic mass is 10.1. The molecular formula is C17H19NO3S. The van der Waals surface area contributed by atoms with Gasteiger partial charge >= 0.3 is 0 Å². The van der Waals surface area contributed by atoms with Gasteiger partial charge in [-0.2, -0.15) is 0 Å². The highest BCUT2D eigenvalue weighted by atomic mass is 32.2. The van der Waals surface area contributed by atoms with Crippen molar-refractivity contribution < 1.29 is 13.2 Å². The van der Waals surface area contributed by atoms with Crippen molar-refractivity contribution in [3.63, 3.8) is 0 Å². The van der Waals surface area contributed by atoms with Gasteiger partial charge in [0.1, 0.15) is 0 Å². The molecule has 5 heteroatoms. The van der Waals surface area contributed by atoms with Crippen LogP contribution in [0.2, 0.25) is 0 Å². The lowest BCUT2D eigenvalue weighted by Gasteiger charge is -2.17. The van der Waals surface area contributed by atoms with Gasteiger partial charge in [-0.3, -0.25) is 4.79 Å². The monoisotopic (exact) mass is 317 g/mol. The molecule has 0 fully saturated rings. The molecule has 0 atom stereocenters. The number of hydrogen-bond acceptors (Lipinski definition) is 3. The van der Waals surface area contributed by atoms with Gasteiger partial charge in [-0.05, 0) is 36.8 Å². The van der Waals surface area contributed by atoms with Gasteiger partial charge in [-0.15, -0.1) is 0 Å². The molecule has 116 valence electrons. The zero-order valence-corrected chi connectivity index (χ0v) is 13.7. The maximum atomic E-state index is 12.4. The lowest BCUT2D eigenvalue weighted by Crippen LogP contribution is -2.26. The third kappa shape index (κ3) is 3.95. The van der Waals surface area contributed by atoms with E-state index in [0.717, 1.165) is 11.8 Å². The van der Waals surface area contributed by atoms with Gasteiger partial charge in [0.05, 0.1) is 4.90 Å². The summed E-state index contributed by atoms with van der Waals surface area (Å²) >= 11 is 0. The van der Waals surface area contributed by atoms with Gasteiger partial charge in [0.25, 0.3) is 5.91 Å². The van der Waals surface area contributed by atoms with E-state index in [2.05, 4.69) is 0 Å². The molecule has 0 saturated carbocycles. The number of sulfone groups is 1. The standard InChI is InChI=1S/C17H19NO3S/c1-13-4-6-14(7-5-13)12-18(2)17(19)15-8-10-16(11-9-15)22(3,20)21/h4-11H,12H2,1-3H3. The predicted octanol–water partition coefficient (Wildman–Crippen LogP) is 2.67. The van der Waals surface area contributed by atoms with Gasteiger partial charge in [0.2, 0.25) is 0 Å². The van der Waals surface area contributed by atoms with Crippen LogP contribution in [0.5, 0.6) is 0 Å². The van der Waals surface area contributed by atoms with E-state index in [0.29, 0.717) is 12.1 Å². The number of amides is 1. The molecule has 2 aromatic carbocycles. The van der Waals surface area contributed by atoms with Crippen LogP contribution in [-0.2, 0) is 16.4 Å². The molecule has 0 unspecified atom stereocenters. The molecule has 2 rings (SSSR count). The van der Waals surface area contributed by atoms with Crippen LogP contribution in [0.1, 0.15) is 21.5 Å². The van der Waals surface area contributed by atoms with Gasteiger partial charge in [-0.25, -0.2) is 8.42 Å². The quantitative estimate of drug-likeness (QED) is 0.871. The van der Waals surface area contributed by atoms with E-state index in [9.17, 15) is 13.2 Å². The van der Waals surface area contributed by atoms with Crippen LogP contribution < -0.4 is 0 Å². The van der Waals surface area contributed by atoms with E-state index in [1.165, 1.54) is 17.7 Å². The first-order chi connectivity index (χ1) is 10.3. The molecule has 0 aromatic heterocycles. The van der Waals surface area contributed by atoms with Crippen LogP contribution in [0.25, 0.3) is 0 Å². The van der Waals surface area contributed by atoms with Crippen molar-refractivity contribution in [3.8, 4) is 0 Å². The third-order valence-corrected chi connectivity index (χ3v) is 4.54. The van der Waals surface area contributed by atoms with Gasteiger partial charge < -0.3 is 4.90 Å². The number of benzene rings is 2. The zero-order chi connectivity index (χ0) is 16.3. The topological polar surface area (TPSA) is 54.5 Å². The van der Waals surface area contributed by atoms with E-state index in [1.807, 2.05) is 31.2 Å². The van der Waals surface area contributed by atoms with E-state index in [4.69, 9.17) is 0 Å². The molecular weight excluding hydrogens is 298 g/mol. The van der Waals surface area contributed by atoms with Gasteiger partial charge in [-0.1, -0.05) is 29.8 Å². The number of hydrogen-bond donors (Lipinski definition) is 0. The summed E-state index contributed by atoms with van der Waals surface area (Å²) < 4.78 is 22.8. The minimum absolute atomic E-state index is 0.138. The molecule has 0 spiro atoms. The predicted molar refractivity (Wildman–Crippen MR) is 86.5 cm³/mol. The molecule has 0 aliphatic carbocycles. The van der Waals surface area contributed by atoms with Crippen LogP contribution in [0.4, 0.5) is 0 Å². The summed E-state index contributed by atoms with van der Waals surface area (Å²) in [5.74, 6) is -0.138. The fourth-order valence-corrected chi connectivity index (χ4v) is 2.73. The molecule has 0 aliphatic heterocycles. The fourth-order valence-electron chi connectivity index (χ4n) is 2.10. The highest BCUT2D eigenvalue weighted by molar-refractivity contribution is 7.90. The first-order valence-electron chi connectivity index (χ1n) is 6.88. The van der Waals surface area contributed by atoms with Crippen molar-refractivity contribution in [1.29, 1.82) is 0 Å². The molecule has 1 amide bonds. The first-order valence-corrected chi connectivity index (χ1v) is 8.77. The maximum absolute atomic E-state index is 12.4. The Kier molecular flexibility index (Phi) is 4.66. The molecule has 0 saturated heterocycles. The van der Waals surface area contributed by atoms with Crippen LogP contribution >= 0.6 is 0 Å². The Morgan fingerprint density at radius 3 is 2.05 bits per heavy atom. The number of carbonyl (C=O) groups is 1. The molecule has 0 N–H and O–H groups in total. The number of rotatable bonds is 4. The zero-order valence-electron chi connectivity index (χ0n) is 12.9. The average molecular weight is 317 g/mol. The second kappa shape index (κ2) is 6.32. The van der Waals surface area contributed by atoms with Gasteiger partial charge in [0, 0.05) is 25.4 Å². The Bertz CT molecular complexity index is 763. The summed E-state index contributed by atoms with van der Waals surface area (Å²) in [7, 11) is -1.51. The minimum Gasteiger partial charge on any atom is -0.337 e. The largest absolute Gasteiger partial charge is 0.337 e. The van der Waals surface area contributed by atoms with Gasteiger partial charge in [0.15, 0.2) is 9.84 Å². The number of carbonyl (C=O) groups excluding carboxylic acids is 1. The van der Waals surface area contributed by atoms with E-state index in [-0.39, 0.29) is 10.8 Å². The van der Waals surface area contributed by atoms with Crippen LogP contribution in [-0.4, -0.2) is 32.5 Å². The van der Waals surface area contributed by atoms with Crippen LogP contribution in [0.15, 0.2) is 53.4 Å². The van der Waals surface area contributed by atoms with Crippen LogP contribution in [0, 0.1) is 6.92 Å². The first kappa shape index (κ1) is 16.2. The second-order valence-corrected chi connectivity index (χ2v) is 7.46. The summed E-state index contributed by atoms with van der Waals surface area (Å²) in [6.07, 6.45) is 1.15. The normalized spacial score (nSPS) is 11.2. The van der Waals surface area contributed by atoms with Crippen molar-refractivity contribution >= 4 is 15.7 Å². The molecule has 2 aromatic rings. The third-order valence-electron chi connectivity index (χ3n) is 3.42. The van der Waals surface area contributed by atoms with E-state index < -0.39 is 9.84 Å². The Balaban J connectivity index is 2.12. The second-order valence-electron chi connectivity index (χ2n) is 5.44. The summed E-state index contributed by atoms with van der Waals surface area (Å²) in [4.78, 5) is 14.2.